The number of aryl methyl sites for hydroxylation is 1. The molecule has 0 aliphatic carbocycles. The van der Waals surface area contributed by atoms with Crippen molar-refractivity contribution in [1.82, 2.24) is 4.90 Å². The highest BCUT2D eigenvalue weighted by Gasteiger charge is 2.37. The molecule has 1 amide bonds. The van der Waals surface area contributed by atoms with E-state index in [4.69, 9.17) is 9.47 Å². The molecule has 5 nitrogen and oxygen atoms in total. The van der Waals surface area contributed by atoms with Crippen molar-refractivity contribution in [2.24, 2.45) is 0 Å². The molecule has 1 heterocycles. The second-order valence-corrected chi connectivity index (χ2v) is 5.89. The molecule has 1 aromatic rings. The van der Waals surface area contributed by atoms with E-state index >= 15 is 0 Å². The molecular formula is C17H20FNO4. The topological polar surface area (TPSA) is 55.8 Å². The van der Waals surface area contributed by atoms with Crippen molar-refractivity contribution >= 4 is 11.9 Å². The fraction of sp³-hybridized carbons (Fsp3) is 0.412. The second kappa shape index (κ2) is 6.81. The normalized spacial score (nSPS) is 17.7. The minimum absolute atomic E-state index is 0.0783. The molecule has 0 unspecified atom stereocenters. The Morgan fingerprint density at radius 3 is 2.48 bits per heavy atom. The number of esters is 1. The van der Waals surface area contributed by atoms with Crippen LogP contribution in [0.5, 0.6) is 0 Å². The van der Waals surface area contributed by atoms with Crippen LogP contribution >= 0.6 is 0 Å². The summed E-state index contributed by atoms with van der Waals surface area (Å²) in [6.45, 7) is 3.71. The number of carbonyl (C=O) groups is 2. The third kappa shape index (κ3) is 4.81. The summed E-state index contributed by atoms with van der Waals surface area (Å²) < 4.78 is 23.0. The molecule has 6 heteroatoms. The number of nitrogens with zero attached hydrogens (tertiary/aromatic N) is 1. The van der Waals surface area contributed by atoms with Gasteiger partial charge < -0.3 is 14.4 Å². The molecular weight excluding hydrogens is 301 g/mol. The van der Waals surface area contributed by atoms with Gasteiger partial charge in [-0.25, -0.2) is 9.18 Å². The third-order valence-corrected chi connectivity index (χ3v) is 3.40. The number of halogens is 1. The first-order valence-corrected chi connectivity index (χ1v) is 7.40. The molecule has 23 heavy (non-hydrogen) atoms. The van der Waals surface area contributed by atoms with E-state index < -0.39 is 11.8 Å². The standard InChI is InChI=1S/C17H20FNO4/c1-17(2)22-14(16(21)23-17)11-15(20)19(3)10-4-5-12-6-8-13(18)9-7-12/h6-9,11H,4-5,10H2,1-3H3. The summed E-state index contributed by atoms with van der Waals surface area (Å²) in [5.74, 6) is -2.34. The Hall–Kier alpha value is -2.37. The maximum absolute atomic E-state index is 12.8. The van der Waals surface area contributed by atoms with E-state index in [-0.39, 0.29) is 17.5 Å². The summed E-state index contributed by atoms with van der Waals surface area (Å²) >= 11 is 0. The molecule has 0 bridgehead atoms. The van der Waals surface area contributed by atoms with Gasteiger partial charge in [-0.2, -0.15) is 0 Å². The molecule has 1 aliphatic heterocycles. The highest BCUT2D eigenvalue weighted by atomic mass is 19.1. The van der Waals surface area contributed by atoms with Gasteiger partial charge in [-0.15, -0.1) is 0 Å². The van der Waals surface area contributed by atoms with Crippen LogP contribution in [0.4, 0.5) is 4.39 Å². The van der Waals surface area contributed by atoms with Gasteiger partial charge in [0.25, 0.3) is 0 Å². The fourth-order valence-electron chi connectivity index (χ4n) is 2.19. The predicted octanol–water partition coefficient (Wildman–Crippen LogP) is 2.41. The molecule has 0 N–H and O–H groups in total. The zero-order chi connectivity index (χ0) is 17.0. The number of likely N-dealkylation sites (N-methyl/N-ethyl adjacent to an activating group) is 1. The largest absolute Gasteiger partial charge is 0.445 e. The zero-order valence-electron chi connectivity index (χ0n) is 13.5. The molecule has 0 atom stereocenters. The molecule has 1 fully saturated rings. The monoisotopic (exact) mass is 321 g/mol. The third-order valence-electron chi connectivity index (χ3n) is 3.40. The molecule has 0 spiro atoms. The van der Waals surface area contributed by atoms with Crippen molar-refractivity contribution < 1.29 is 23.5 Å². The summed E-state index contributed by atoms with van der Waals surface area (Å²) in [5, 5.41) is 0. The van der Waals surface area contributed by atoms with E-state index in [2.05, 4.69) is 0 Å². The van der Waals surface area contributed by atoms with Gasteiger partial charge >= 0.3 is 5.97 Å². The summed E-state index contributed by atoms with van der Waals surface area (Å²) in [6.07, 6.45) is 2.61. The summed E-state index contributed by atoms with van der Waals surface area (Å²) in [5.41, 5.74) is 1.01. The van der Waals surface area contributed by atoms with E-state index in [0.29, 0.717) is 6.54 Å². The number of ether oxygens (including phenoxy) is 2. The first-order chi connectivity index (χ1) is 10.8. The number of hydrogen-bond donors (Lipinski definition) is 0. The van der Waals surface area contributed by atoms with E-state index in [1.54, 1.807) is 33.0 Å². The molecule has 124 valence electrons. The van der Waals surface area contributed by atoms with Crippen molar-refractivity contribution in [3.8, 4) is 0 Å². The number of amides is 1. The smallest absolute Gasteiger partial charge is 0.377 e. The molecule has 0 aromatic heterocycles. The first-order valence-electron chi connectivity index (χ1n) is 7.40. The maximum atomic E-state index is 12.8. The van der Waals surface area contributed by atoms with E-state index in [1.165, 1.54) is 17.0 Å². The van der Waals surface area contributed by atoms with Crippen LogP contribution in [0.2, 0.25) is 0 Å². The van der Waals surface area contributed by atoms with Crippen LogP contribution in [-0.2, 0) is 25.5 Å². The van der Waals surface area contributed by atoms with Crippen LogP contribution in [-0.4, -0.2) is 36.2 Å². The number of benzene rings is 1. The van der Waals surface area contributed by atoms with Crippen LogP contribution in [0.25, 0.3) is 0 Å². The van der Waals surface area contributed by atoms with Crippen molar-refractivity contribution in [3.05, 3.63) is 47.5 Å². The van der Waals surface area contributed by atoms with Crippen molar-refractivity contribution in [2.75, 3.05) is 13.6 Å². The fourth-order valence-corrected chi connectivity index (χ4v) is 2.19. The van der Waals surface area contributed by atoms with Gasteiger partial charge in [0.2, 0.25) is 17.5 Å². The average molecular weight is 321 g/mol. The number of cyclic esters (lactones) is 1. The summed E-state index contributed by atoms with van der Waals surface area (Å²) in [4.78, 5) is 25.1. The molecule has 0 radical (unpaired) electrons. The Labute approximate surface area is 134 Å². The van der Waals surface area contributed by atoms with Crippen molar-refractivity contribution in [3.63, 3.8) is 0 Å². The Bertz CT molecular complexity index is 622. The second-order valence-electron chi connectivity index (χ2n) is 5.89. The maximum Gasteiger partial charge on any atom is 0.377 e. The van der Waals surface area contributed by atoms with E-state index in [9.17, 15) is 14.0 Å². The Morgan fingerprint density at radius 1 is 1.26 bits per heavy atom. The van der Waals surface area contributed by atoms with Gasteiger partial charge in [0.05, 0.1) is 6.08 Å². The molecule has 1 aromatic carbocycles. The lowest BCUT2D eigenvalue weighted by Gasteiger charge is -2.16. The SMILES string of the molecule is CN(CCCc1ccc(F)cc1)C(=O)C=C1OC(C)(C)OC1=O. The molecule has 1 saturated heterocycles. The summed E-state index contributed by atoms with van der Waals surface area (Å²) in [7, 11) is 1.65. The lowest BCUT2D eigenvalue weighted by molar-refractivity contribution is -0.159. The lowest BCUT2D eigenvalue weighted by Crippen LogP contribution is -2.27. The average Bonchev–Trinajstić information content (AvgIpc) is 2.73. The predicted molar refractivity (Wildman–Crippen MR) is 81.7 cm³/mol. The molecule has 1 aliphatic rings. The van der Waals surface area contributed by atoms with Gasteiger partial charge in [-0.3, -0.25) is 4.79 Å². The van der Waals surface area contributed by atoms with Crippen LogP contribution in [0.1, 0.15) is 25.8 Å². The Kier molecular flexibility index (Phi) is 5.03. The summed E-state index contributed by atoms with van der Waals surface area (Å²) in [6, 6.07) is 6.28. The molecule has 0 saturated carbocycles. The minimum Gasteiger partial charge on any atom is -0.445 e. The quantitative estimate of drug-likeness (QED) is 0.617. The van der Waals surface area contributed by atoms with Crippen LogP contribution in [0, 0.1) is 5.82 Å². The van der Waals surface area contributed by atoms with Gasteiger partial charge in [0.15, 0.2) is 0 Å². The highest BCUT2D eigenvalue weighted by molar-refractivity contribution is 5.97. The highest BCUT2D eigenvalue weighted by Crippen LogP contribution is 2.26. The van der Waals surface area contributed by atoms with E-state index in [1.807, 2.05) is 0 Å². The van der Waals surface area contributed by atoms with E-state index in [0.717, 1.165) is 24.5 Å². The number of rotatable bonds is 5. The van der Waals surface area contributed by atoms with Crippen LogP contribution in [0.15, 0.2) is 36.1 Å². The first kappa shape index (κ1) is 17.0. The van der Waals surface area contributed by atoms with Gasteiger partial charge in [-0.1, -0.05) is 12.1 Å². The van der Waals surface area contributed by atoms with Crippen LogP contribution in [0.3, 0.4) is 0 Å². The number of carbonyl (C=O) groups excluding carboxylic acids is 2. The Balaban J connectivity index is 1.83. The van der Waals surface area contributed by atoms with Crippen LogP contribution < -0.4 is 0 Å². The molecule has 2 rings (SSSR count). The number of hydrogen-bond acceptors (Lipinski definition) is 4. The Morgan fingerprint density at radius 2 is 1.91 bits per heavy atom. The van der Waals surface area contributed by atoms with Crippen molar-refractivity contribution in [2.45, 2.75) is 32.5 Å². The van der Waals surface area contributed by atoms with Crippen molar-refractivity contribution in [1.29, 1.82) is 0 Å². The lowest BCUT2D eigenvalue weighted by atomic mass is 10.1. The van der Waals surface area contributed by atoms with Gasteiger partial charge in [0, 0.05) is 27.4 Å². The minimum atomic E-state index is -1.04. The van der Waals surface area contributed by atoms with Gasteiger partial charge in [0.1, 0.15) is 5.82 Å². The van der Waals surface area contributed by atoms with Gasteiger partial charge in [-0.05, 0) is 30.5 Å². The zero-order valence-corrected chi connectivity index (χ0v) is 13.5.